The minimum atomic E-state index is -4.39. The first kappa shape index (κ1) is 17.5. The van der Waals surface area contributed by atoms with Crippen molar-refractivity contribution in [3.05, 3.63) is 65.5 Å². The zero-order chi connectivity index (χ0) is 17.6. The van der Waals surface area contributed by atoms with Crippen molar-refractivity contribution in [3.8, 4) is 0 Å². The standard InChI is InChI=1S/C17H15F3N2O2/c1-24-16(23)8-7-12-4-3-9-21-15(12)11-22-14-6-2-5-13(10-14)17(18,19)20/h2-10,22H,11H2,1H3/b8-7+. The largest absolute Gasteiger partial charge is 0.466 e. The molecule has 0 fully saturated rings. The number of pyridine rings is 1. The van der Waals surface area contributed by atoms with E-state index in [9.17, 15) is 18.0 Å². The van der Waals surface area contributed by atoms with Gasteiger partial charge in [0.2, 0.25) is 0 Å². The summed E-state index contributed by atoms with van der Waals surface area (Å²) in [6, 6.07) is 8.37. The third-order valence-electron chi connectivity index (χ3n) is 3.18. The molecule has 0 radical (unpaired) electrons. The van der Waals surface area contributed by atoms with Crippen LogP contribution >= 0.6 is 0 Å². The predicted molar refractivity (Wildman–Crippen MR) is 84.1 cm³/mol. The van der Waals surface area contributed by atoms with Gasteiger partial charge in [-0.15, -0.1) is 0 Å². The maximum Gasteiger partial charge on any atom is 0.416 e. The highest BCUT2D eigenvalue weighted by Crippen LogP contribution is 2.30. The molecule has 0 bridgehead atoms. The van der Waals surface area contributed by atoms with Crippen LogP contribution in [0.5, 0.6) is 0 Å². The third kappa shape index (κ3) is 4.84. The van der Waals surface area contributed by atoms with Crippen LogP contribution in [0.15, 0.2) is 48.7 Å². The van der Waals surface area contributed by atoms with E-state index in [0.29, 0.717) is 16.9 Å². The van der Waals surface area contributed by atoms with Gasteiger partial charge in [0.05, 0.1) is 24.9 Å². The molecule has 126 valence electrons. The van der Waals surface area contributed by atoms with Gasteiger partial charge in [-0.05, 0) is 35.9 Å². The molecular weight excluding hydrogens is 321 g/mol. The number of halogens is 3. The van der Waals surface area contributed by atoms with Gasteiger partial charge < -0.3 is 10.1 Å². The number of hydrogen-bond donors (Lipinski definition) is 1. The third-order valence-corrected chi connectivity index (χ3v) is 3.18. The minimum absolute atomic E-state index is 0.211. The van der Waals surface area contributed by atoms with Crippen LogP contribution < -0.4 is 5.32 Å². The molecule has 4 nitrogen and oxygen atoms in total. The molecule has 1 heterocycles. The highest BCUT2D eigenvalue weighted by molar-refractivity contribution is 5.87. The fraction of sp³-hybridized carbons (Fsp3) is 0.176. The molecule has 1 aromatic carbocycles. The monoisotopic (exact) mass is 336 g/mol. The average Bonchev–Trinajstić information content (AvgIpc) is 2.58. The number of nitrogens with one attached hydrogen (secondary N) is 1. The van der Waals surface area contributed by atoms with Crippen LogP contribution in [0, 0.1) is 0 Å². The number of carbonyl (C=O) groups excluding carboxylic acids is 1. The maximum atomic E-state index is 12.7. The lowest BCUT2D eigenvalue weighted by Gasteiger charge is -2.11. The molecule has 0 spiro atoms. The molecule has 0 saturated carbocycles. The normalized spacial score (nSPS) is 11.5. The van der Waals surface area contributed by atoms with Crippen LogP contribution in [-0.2, 0) is 22.3 Å². The van der Waals surface area contributed by atoms with Gasteiger partial charge in [0.1, 0.15) is 0 Å². The zero-order valence-corrected chi connectivity index (χ0v) is 12.8. The van der Waals surface area contributed by atoms with Crippen LogP contribution in [0.4, 0.5) is 18.9 Å². The smallest absolute Gasteiger partial charge is 0.416 e. The predicted octanol–water partition coefficient (Wildman–Crippen LogP) is 3.90. The molecule has 1 N–H and O–H groups in total. The highest BCUT2D eigenvalue weighted by atomic mass is 19.4. The molecule has 2 aromatic rings. The second-order valence-electron chi connectivity index (χ2n) is 4.83. The number of nitrogens with zero attached hydrogens (tertiary/aromatic N) is 1. The van der Waals surface area contributed by atoms with Crippen LogP contribution in [0.25, 0.3) is 6.08 Å². The summed E-state index contributed by atoms with van der Waals surface area (Å²) in [6.07, 6.45) is -0.0253. The van der Waals surface area contributed by atoms with Crippen molar-refractivity contribution >= 4 is 17.7 Å². The lowest BCUT2D eigenvalue weighted by atomic mass is 10.1. The first-order valence-corrected chi connectivity index (χ1v) is 7.01. The Morgan fingerprint density at radius 2 is 2.08 bits per heavy atom. The van der Waals surface area contributed by atoms with E-state index in [1.54, 1.807) is 30.5 Å². The molecule has 0 aliphatic heterocycles. The Labute approximate surface area is 137 Å². The second-order valence-corrected chi connectivity index (χ2v) is 4.83. The number of alkyl halides is 3. The zero-order valence-electron chi connectivity index (χ0n) is 12.8. The second kappa shape index (κ2) is 7.63. The Balaban J connectivity index is 2.13. The van der Waals surface area contributed by atoms with Crippen molar-refractivity contribution < 1.29 is 22.7 Å². The van der Waals surface area contributed by atoms with E-state index < -0.39 is 17.7 Å². The number of aromatic nitrogens is 1. The Hall–Kier alpha value is -2.83. The van der Waals surface area contributed by atoms with Crippen molar-refractivity contribution in [3.63, 3.8) is 0 Å². The SMILES string of the molecule is COC(=O)/C=C/c1cccnc1CNc1cccc(C(F)(F)F)c1. The molecule has 0 amide bonds. The number of benzene rings is 1. The van der Waals surface area contributed by atoms with E-state index in [1.165, 1.54) is 19.3 Å². The highest BCUT2D eigenvalue weighted by Gasteiger charge is 2.30. The topological polar surface area (TPSA) is 51.2 Å². The molecule has 24 heavy (non-hydrogen) atoms. The summed E-state index contributed by atoms with van der Waals surface area (Å²) in [7, 11) is 1.27. The quantitative estimate of drug-likeness (QED) is 0.665. The molecule has 0 aliphatic rings. The van der Waals surface area contributed by atoms with Crippen LogP contribution in [0.1, 0.15) is 16.8 Å². The van der Waals surface area contributed by atoms with Crippen molar-refractivity contribution in [2.75, 3.05) is 12.4 Å². The van der Waals surface area contributed by atoms with Gasteiger partial charge in [-0.1, -0.05) is 12.1 Å². The molecule has 0 atom stereocenters. The molecule has 1 aromatic heterocycles. The van der Waals surface area contributed by atoms with E-state index in [4.69, 9.17) is 0 Å². The summed E-state index contributed by atoms with van der Waals surface area (Å²) in [5.41, 5.74) is 0.871. The van der Waals surface area contributed by atoms with Crippen LogP contribution in [0.3, 0.4) is 0 Å². The number of rotatable bonds is 5. The molecule has 7 heteroatoms. The van der Waals surface area contributed by atoms with Crippen molar-refractivity contribution in [1.29, 1.82) is 0 Å². The van der Waals surface area contributed by atoms with Crippen molar-refractivity contribution in [2.45, 2.75) is 12.7 Å². The molecular formula is C17H15F3N2O2. The van der Waals surface area contributed by atoms with Gasteiger partial charge in [-0.2, -0.15) is 13.2 Å². The number of esters is 1. The van der Waals surface area contributed by atoms with E-state index in [-0.39, 0.29) is 6.54 Å². The van der Waals surface area contributed by atoms with Crippen LogP contribution in [-0.4, -0.2) is 18.1 Å². The van der Waals surface area contributed by atoms with Crippen molar-refractivity contribution in [1.82, 2.24) is 4.98 Å². The van der Waals surface area contributed by atoms with E-state index in [1.807, 2.05) is 0 Å². The fourth-order valence-corrected chi connectivity index (χ4v) is 1.97. The number of ether oxygens (including phenoxy) is 1. The Morgan fingerprint density at radius 1 is 1.29 bits per heavy atom. The number of anilines is 1. The number of carbonyl (C=O) groups is 1. The number of methoxy groups -OCH3 is 1. The first-order chi connectivity index (χ1) is 11.4. The summed E-state index contributed by atoms with van der Waals surface area (Å²) in [5, 5.41) is 2.90. The lowest BCUT2D eigenvalue weighted by molar-refractivity contribution is -0.137. The molecule has 0 aliphatic carbocycles. The van der Waals surface area contributed by atoms with Gasteiger partial charge in [0.15, 0.2) is 0 Å². The van der Waals surface area contributed by atoms with Gasteiger partial charge in [-0.25, -0.2) is 4.79 Å². The molecule has 2 rings (SSSR count). The average molecular weight is 336 g/mol. The lowest BCUT2D eigenvalue weighted by Crippen LogP contribution is -2.07. The Kier molecular flexibility index (Phi) is 5.57. The summed E-state index contributed by atoms with van der Waals surface area (Å²) in [4.78, 5) is 15.3. The van der Waals surface area contributed by atoms with E-state index in [0.717, 1.165) is 12.1 Å². The first-order valence-electron chi connectivity index (χ1n) is 7.01. The fourth-order valence-electron chi connectivity index (χ4n) is 1.97. The minimum Gasteiger partial charge on any atom is -0.466 e. The van der Waals surface area contributed by atoms with Crippen LogP contribution in [0.2, 0.25) is 0 Å². The van der Waals surface area contributed by atoms with Gasteiger partial charge in [0.25, 0.3) is 0 Å². The van der Waals surface area contributed by atoms with Gasteiger partial charge >= 0.3 is 12.1 Å². The Morgan fingerprint density at radius 3 is 2.79 bits per heavy atom. The molecule has 0 saturated heterocycles. The summed E-state index contributed by atoms with van der Waals surface area (Å²) in [6.45, 7) is 0.211. The van der Waals surface area contributed by atoms with Gasteiger partial charge in [0, 0.05) is 18.0 Å². The van der Waals surface area contributed by atoms with E-state index >= 15 is 0 Å². The summed E-state index contributed by atoms with van der Waals surface area (Å²) in [5.74, 6) is -0.504. The van der Waals surface area contributed by atoms with E-state index in [2.05, 4.69) is 15.0 Å². The molecule has 0 unspecified atom stereocenters. The van der Waals surface area contributed by atoms with Crippen molar-refractivity contribution in [2.24, 2.45) is 0 Å². The summed E-state index contributed by atoms with van der Waals surface area (Å²) >= 11 is 0. The number of hydrogen-bond acceptors (Lipinski definition) is 4. The maximum absolute atomic E-state index is 12.7. The van der Waals surface area contributed by atoms with Gasteiger partial charge in [-0.3, -0.25) is 4.98 Å². The Bertz CT molecular complexity index is 743. The summed E-state index contributed by atoms with van der Waals surface area (Å²) < 4.78 is 42.7.